The molecule has 0 aromatic rings. The Bertz CT molecular complexity index is 99.1. The average Bonchev–Trinajstić information content (AvgIpc) is 2.17. The number of hydrogen-bond acceptors (Lipinski definition) is 2. The van der Waals surface area contributed by atoms with Crippen LogP contribution < -0.4 is 0 Å². The van der Waals surface area contributed by atoms with Crippen LogP contribution in [0.4, 0.5) is 0 Å². The van der Waals surface area contributed by atoms with Crippen molar-refractivity contribution >= 4 is 5.97 Å². The van der Waals surface area contributed by atoms with Crippen molar-refractivity contribution in [1.29, 1.82) is 0 Å². The lowest BCUT2D eigenvalue weighted by molar-refractivity contribution is -0.139. The summed E-state index contributed by atoms with van der Waals surface area (Å²) in [6, 6.07) is 0. The molecular formula is C4H6O3. The summed E-state index contributed by atoms with van der Waals surface area (Å²) in [5.74, 6) is -1.34. The van der Waals surface area contributed by atoms with Gasteiger partial charge in [0.2, 0.25) is 0 Å². The second-order valence-electron chi connectivity index (χ2n) is 1.75. The van der Waals surface area contributed by atoms with Gasteiger partial charge in [0, 0.05) is 0 Å². The van der Waals surface area contributed by atoms with E-state index in [4.69, 9.17) is 10.2 Å². The van der Waals surface area contributed by atoms with Gasteiger partial charge >= 0.3 is 5.97 Å². The lowest BCUT2D eigenvalue weighted by atomic mass is 10.4. The predicted octanol–water partition coefficient (Wildman–Crippen LogP) is -0.548. The Morgan fingerprint density at radius 3 is 2.14 bits per heavy atom. The van der Waals surface area contributed by atoms with Gasteiger partial charge in [0.15, 0.2) is 0 Å². The third-order valence-corrected chi connectivity index (χ3v) is 1.07. The highest BCUT2D eigenvalue weighted by molar-refractivity contribution is 5.73. The lowest BCUT2D eigenvalue weighted by Crippen LogP contribution is -2.00. The molecule has 3 nitrogen and oxygen atoms in total. The van der Waals surface area contributed by atoms with Crippen molar-refractivity contribution < 1.29 is 15.0 Å². The van der Waals surface area contributed by atoms with Gasteiger partial charge in [0.1, 0.15) is 0 Å². The molecule has 1 fully saturated rings. The molecule has 0 aliphatic heterocycles. The molecule has 1 aliphatic rings. The lowest BCUT2D eigenvalue weighted by Gasteiger charge is -1.79. The number of carbonyl (C=O) groups is 1. The van der Waals surface area contributed by atoms with Gasteiger partial charge in [0.25, 0.3) is 0 Å². The predicted molar refractivity (Wildman–Crippen MR) is 21.7 cm³/mol. The third-order valence-electron chi connectivity index (χ3n) is 1.07. The normalized spacial score (nSPS) is 37.9. The number of carboxylic acid groups (broad SMARTS) is 1. The Labute approximate surface area is 40.6 Å². The summed E-state index contributed by atoms with van der Waals surface area (Å²) in [6.07, 6.45) is -0.118. The molecule has 0 unspecified atom stereocenters. The summed E-state index contributed by atoms with van der Waals surface area (Å²) < 4.78 is 0. The molecule has 1 aliphatic carbocycles. The summed E-state index contributed by atoms with van der Waals surface area (Å²) in [4.78, 5) is 9.81. The first-order valence-corrected chi connectivity index (χ1v) is 2.12. The zero-order valence-electron chi connectivity index (χ0n) is 3.66. The third kappa shape index (κ3) is 0.718. The fraction of sp³-hybridized carbons (Fsp3) is 0.750. The Morgan fingerprint density at radius 2 is 2.14 bits per heavy atom. The van der Waals surface area contributed by atoms with Gasteiger partial charge in [-0.15, -0.1) is 0 Å². The van der Waals surface area contributed by atoms with Crippen molar-refractivity contribution in [3.05, 3.63) is 0 Å². The highest BCUT2D eigenvalue weighted by atomic mass is 16.4. The van der Waals surface area contributed by atoms with Crippen LogP contribution in [0.2, 0.25) is 0 Å². The highest BCUT2D eigenvalue weighted by Gasteiger charge is 2.41. The van der Waals surface area contributed by atoms with E-state index in [2.05, 4.69) is 0 Å². The fourth-order valence-electron chi connectivity index (χ4n) is 0.447. The van der Waals surface area contributed by atoms with Crippen LogP contribution in [0.15, 0.2) is 0 Å². The largest absolute Gasteiger partial charge is 0.481 e. The molecule has 0 aromatic heterocycles. The average molecular weight is 102 g/mol. The van der Waals surface area contributed by atoms with E-state index in [0.717, 1.165) is 0 Å². The summed E-state index contributed by atoms with van der Waals surface area (Å²) >= 11 is 0. The Morgan fingerprint density at radius 1 is 1.71 bits per heavy atom. The van der Waals surface area contributed by atoms with E-state index in [-0.39, 0.29) is 0 Å². The Kier molecular flexibility index (Phi) is 0.785. The molecule has 0 heterocycles. The highest BCUT2D eigenvalue weighted by Crippen LogP contribution is 2.29. The molecule has 0 radical (unpaired) electrons. The monoisotopic (exact) mass is 102 g/mol. The Balaban J connectivity index is 2.33. The first-order valence-electron chi connectivity index (χ1n) is 2.12. The van der Waals surface area contributed by atoms with E-state index in [9.17, 15) is 4.79 Å². The van der Waals surface area contributed by atoms with Crippen molar-refractivity contribution in [3.8, 4) is 0 Å². The maximum atomic E-state index is 9.81. The molecule has 3 heteroatoms. The molecule has 0 bridgehead atoms. The van der Waals surface area contributed by atoms with Crippen LogP contribution in [0.3, 0.4) is 0 Å². The molecule has 0 saturated heterocycles. The SMILES string of the molecule is O=C(O)[C@@H]1C[C@@H]1O. The van der Waals surface area contributed by atoms with Gasteiger partial charge in [-0.3, -0.25) is 4.79 Å². The standard InChI is InChI=1S/C4H6O3/c5-3-1-2(3)4(6)7/h2-3,5H,1H2,(H,6,7)/t2-,3+/m1/s1. The van der Waals surface area contributed by atoms with Crippen molar-refractivity contribution in [1.82, 2.24) is 0 Å². The number of aliphatic hydroxyl groups excluding tert-OH is 1. The minimum Gasteiger partial charge on any atom is -0.481 e. The molecule has 40 valence electrons. The van der Waals surface area contributed by atoms with Gasteiger partial charge in [-0.05, 0) is 6.42 Å². The van der Waals surface area contributed by atoms with E-state index in [1.54, 1.807) is 0 Å². The summed E-state index contributed by atoms with van der Waals surface area (Å²) in [6.45, 7) is 0. The zero-order chi connectivity index (χ0) is 5.44. The maximum Gasteiger partial charge on any atom is 0.309 e. The molecule has 2 N–H and O–H groups in total. The van der Waals surface area contributed by atoms with Gasteiger partial charge in [-0.2, -0.15) is 0 Å². The number of aliphatic carboxylic acids is 1. The van der Waals surface area contributed by atoms with Crippen LogP contribution in [0.5, 0.6) is 0 Å². The second-order valence-corrected chi connectivity index (χ2v) is 1.75. The fourth-order valence-corrected chi connectivity index (χ4v) is 0.447. The van der Waals surface area contributed by atoms with E-state index >= 15 is 0 Å². The maximum absolute atomic E-state index is 9.81. The minimum atomic E-state index is -0.882. The molecule has 1 saturated carbocycles. The number of hydrogen-bond donors (Lipinski definition) is 2. The van der Waals surface area contributed by atoms with E-state index in [1.165, 1.54) is 0 Å². The van der Waals surface area contributed by atoms with Crippen LogP contribution in [0, 0.1) is 5.92 Å². The smallest absolute Gasteiger partial charge is 0.309 e. The van der Waals surface area contributed by atoms with E-state index < -0.39 is 18.0 Å². The quantitative estimate of drug-likeness (QED) is 0.467. The van der Waals surface area contributed by atoms with Crippen molar-refractivity contribution in [2.75, 3.05) is 0 Å². The first kappa shape index (κ1) is 4.59. The van der Waals surface area contributed by atoms with Crippen molar-refractivity contribution in [2.45, 2.75) is 12.5 Å². The van der Waals surface area contributed by atoms with E-state index in [1.807, 2.05) is 0 Å². The molecule has 0 spiro atoms. The van der Waals surface area contributed by atoms with Gasteiger partial charge in [0.05, 0.1) is 12.0 Å². The summed E-state index contributed by atoms with van der Waals surface area (Å²) in [5, 5.41) is 16.5. The first-order chi connectivity index (χ1) is 3.22. The van der Waals surface area contributed by atoms with Crippen molar-refractivity contribution in [2.24, 2.45) is 5.92 Å². The van der Waals surface area contributed by atoms with Gasteiger partial charge in [-0.25, -0.2) is 0 Å². The number of rotatable bonds is 1. The van der Waals surface area contributed by atoms with Crippen LogP contribution in [0.1, 0.15) is 6.42 Å². The zero-order valence-corrected chi connectivity index (χ0v) is 3.66. The number of aliphatic hydroxyl groups is 1. The Hall–Kier alpha value is -0.570. The molecule has 1 rings (SSSR count). The van der Waals surface area contributed by atoms with Crippen LogP contribution in [-0.4, -0.2) is 22.3 Å². The molecular weight excluding hydrogens is 96.0 g/mol. The molecule has 7 heavy (non-hydrogen) atoms. The van der Waals surface area contributed by atoms with Gasteiger partial charge in [-0.1, -0.05) is 0 Å². The van der Waals surface area contributed by atoms with Crippen molar-refractivity contribution in [3.63, 3.8) is 0 Å². The molecule has 2 atom stereocenters. The van der Waals surface area contributed by atoms with Crippen LogP contribution >= 0.6 is 0 Å². The topological polar surface area (TPSA) is 57.5 Å². The minimum absolute atomic E-state index is 0.440. The second kappa shape index (κ2) is 1.20. The van der Waals surface area contributed by atoms with Crippen LogP contribution in [-0.2, 0) is 4.79 Å². The van der Waals surface area contributed by atoms with E-state index in [0.29, 0.717) is 6.42 Å². The van der Waals surface area contributed by atoms with Crippen LogP contribution in [0.25, 0.3) is 0 Å². The molecule has 0 amide bonds. The molecule has 0 aromatic carbocycles. The number of carboxylic acids is 1. The summed E-state index contributed by atoms with van der Waals surface area (Å²) in [5.41, 5.74) is 0. The van der Waals surface area contributed by atoms with Gasteiger partial charge < -0.3 is 10.2 Å². The summed E-state index contributed by atoms with van der Waals surface area (Å²) in [7, 11) is 0.